The van der Waals surface area contributed by atoms with Gasteiger partial charge in [-0.2, -0.15) is 0 Å². The maximum atomic E-state index is 11.4. The first-order valence-corrected chi connectivity index (χ1v) is 8.65. The standard InChI is InChI=1S/C16H18Cl2N4O3/c1-10-13(11(2)25-19-10)9-20-3-5-21(6-4-20)16-14(18)7-12(17)8-15(16)22(23)24/h7-8H,3-6,9H2,1-2H3. The van der Waals surface area contributed by atoms with Gasteiger partial charge >= 0.3 is 0 Å². The van der Waals surface area contributed by atoms with Gasteiger partial charge in [0.25, 0.3) is 5.69 Å². The van der Waals surface area contributed by atoms with E-state index in [4.69, 9.17) is 27.7 Å². The van der Waals surface area contributed by atoms with Crippen molar-refractivity contribution in [3.05, 3.63) is 49.3 Å². The summed E-state index contributed by atoms with van der Waals surface area (Å²) in [7, 11) is 0. The lowest BCUT2D eigenvalue weighted by molar-refractivity contribution is -0.384. The second-order valence-electron chi connectivity index (χ2n) is 6.08. The molecule has 0 bridgehead atoms. The van der Waals surface area contributed by atoms with Crippen molar-refractivity contribution >= 4 is 34.6 Å². The Kier molecular flexibility index (Phi) is 5.17. The molecule has 134 valence electrons. The minimum atomic E-state index is -0.441. The van der Waals surface area contributed by atoms with Gasteiger partial charge in [0, 0.05) is 49.4 Å². The lowest BCUT2D eigenvalue weighted by Gasteiger charge is -2.36. The van der Waals surface area contributed by atoms with E-state index in [0.717, 1.165) is 36.7 Å². The van der Waals surface area contributed by atoms with Gasteiger partial charge in [0.1, 0.15) is 11.4 Å². The molecule has 1 aromatic heterocycles. The first-order valence-electron chi connectivity index (χ1n) is 7.89. The Balaban J connectivity index is 1.74. The Hall–Kier alpha value is -1.83. The van der Waals surface area contributed by atoms with Gasteiger partial charge in [0.2, 0.25) is 0 Å². The maximum absolute atomic E-state index is 11.4. The molecule has 3 rings (SSSR count). The number of hydrogen-bond donors (Lipinski definition) is 0. The molecule has 1 fully saturated rings. The van der Waals surface area contributed by atoms with E-state index in [1.54, 1.807) is 6.07 Å². The van der Waals surface area contributed by atoms with Gasteiger partial charge in [-0.1, -0.05) is 28.4 Å². The maximum Gasteiger partial charge on any atom is 0.295 e. The van der Waals surface area contributed by atoms with Crippen LogP contribution in [-0.4, -0.2) is 41.2 Å². The molecule has 1 aliphatic rings. The second-order valence-corrected chi connectivity index (χ2v) is 6.92. The first-order chi connectivity index (χ1) is 11.9. The number of hydrogen-bond acceptors (Lipinski definition) is 6. The fourth-order valence-electron chi connectivity index (χ4n) is 3.09. The van der Waals surface area contributed by atoms with E-state index in [2.05, 4.69) is 10.1 Å². The van der Waals surface area contributed by atoms with Crippen LogP contribution in [0.5, 0.6) is 0 Å². The van der Waals surface area contributed by atoms with Crippen LogP contribution in [0.3, 0.4) is 0 Å². The molecule has 0 amide bonds. The highest BCUT2D eigenvalue weighted by molar-refractivity contribution is 6.37. The van der Waals surface area contributed by atoms with Crippen LogP contribution in [0, 0.1) is 24.0 Å². The zero-order chi connectivity index (χ0) is 18.1. The summed E-state index contributed by atoms with van der Waals surface area (Å²) in [5.74, 6) is 0.830. The summed E-state index contributed by atoms with van der Waals surface area (Å²) in [6.07, 6.45) is 0. The Bertz CT molecular complexity index is 781. The Labute approximate surface area is 155 Å². The monoisotopic (exact) mass is 384 g/mol. The molecule has 2 heterocycles. The zero-order valence-corrected chi connectivity index (χ0v) is 15.5. The summed E-state index contributed by atoms with van der Waals surface area (Å²) in [5.41, 5.74) is 2.38. The van der Waals surface area contributed by atoms with Crippen LogP contribution in [0.25, 0.3) is 0 Å². The summed E-state index contributed by atoms with van der Waals surface area (Å²) in [4.78, 5) is 15.1. The van der Waals surface area contributed by atoms with E-state index in [1.807, 2.05) is 18.7 Å². The van der Waals surface area contributed by atoms with Crippen molar-refractivity contribution in [1.82, 2.24) is 10.1 Å². The number of nitro benzene ring substituents is 1. The van der Waals surface area contributed by atoms with Gasteiger partial charge in [-0.15, -0.1) is 0 Å². The van der Waals surface area contributed by atoms with Gasteiger partial charge in [0.15, 0.2) is 0 Å². The summed E-state index contributed by atoms with van der Waals surface area (Å²) >= 11 is 12.1. The van der Waals surface area contributed by atoms with E-state index in [9.17, 15) is 10.1 Å². The normalized spacial score (nSPS) is 15.6. The smallest absolute Gasteiger partial charge is 0.295 e. The molecular weight excluding hydrogens is 367 g/mol. The Morgan fingerprint density at radius 1 is 1.24 bits per heavy atom. The Morgan fingerprint density at radius 2 is 1.92 bits per heavy atom. The molecule has 0 spiro atoms. The highest BCUT2D eigenvalue weighted by Gasteiger charge is 2.27. The third-order valence-corrected chi connectivity index (χ3v) is 4.96. The van der Waals surface area contributed by atoms with Gasteiger partial charge in [0.05, 0.1) is 15.6 Å². The molecule has 25 heavy (non-hydrogen) atoms. The van der Waals surface area contributed by atoms with Gasteiger partial charge in [-0.3, -0.25) is 15.0 Å². The average Bonchev–Trinajstić information content (AvgIpc) is 2.87. The van der Waals surface area contributed by atoms with Crippen molar-refractivity contribution in [2.75, 3.05) is 31.1 Å². The predicted octanol–water partition coefficient (Wildman–Crippen LogP) is 3.83. The van der Waals surface area contributed by atoms with E-state index in [1.165, 1.54) is 6.07 Å². The van der Waals surface area contributed by atoms with Crippen LogP contribution in [0.4, 0.5) is 11.4 Å². The first kappa shape index (κ1) is 18.0. The summed E-state index contributed by atoms with van der Waals surface area (Å²) in [5, 5.41) is 15.9. The van der Waals surface area contributed by atoms with Crippen molar-refractivity contribution in [2.24, 2.45) is 0 Å². The van der Waals surface area contributed by atoms with E-state index in [-0.39, 0.29) is 10.7 Å². The van der Waals surface area contributed by atoms with Crippen LogP contribution in [-0.2, 0) is 6.54 Å². The van der Waals surface area contributed by atoms with Crippen molar-refractivity contribution < 1.29 is 9.45 Å². The molecule has 9 heteroatoms. The lowest BCUT2D eigenvalue weighted by atomic mass is 10.1. The largest absolute Gasteiger partial charge is 0.362 e. The molecule has 1 aliphatic heterocycles. The molecule has 7 nitrogen and oxygen atoms in total. The van der Waals surface area contributed by atoms with Crippen LogP contribution >= 0.6 is 23.2 Å². The number of halogens is 2. The summed E-state index contributed by atoms with van der Waals surface area (Å²) in [6.45, 7) is 7.41. The van der Waals surface area contributed by atoms with Crippen molar-refractivity contribution in [1.29, 1.82) is 0 Å². The third kappa shape index (κ3) is 3.73. The molecule has 0 N–H and O–H groups in total. The number of benzene rings is 1. The van der Waals surface area contributed by atoms with Crippen LogP contribution in [0.1, 0.15) is 17.0 Å². The minimum absolute atomic E-state index is 0.0586. The molecule has 0 radical (unpaired) electrons. The van der Waals surface area contributed by atoms with Crippen LogP contribution in [0.15, 0.2) is 16.7 Å². The summed E-state index contributed by atoms with van der Waals surface area (Å²) < 4.78 is 5.20. The van der Waals surface area contributed by atoms with E-state index >= 15 is 0 Å². The molecule has 0 atom stereocenters. The van der Waals surface area contributed by atoms with Gasteiger partial charge in [-0.05, 0) is 19.9 Å². The van der Waals surface area contributed by atoms with Gasteiger partial charge in [-0.25, -0.2) is 0 Å². The van der Waals surface area contributed by atoms with Crippen molar-refractivity contribution in [2.45, 2.75) is 20.4 Å². The fourth-order valence-corrected chi connectivity index (χ4v) is 3.69. The average molecular weight is 385 g/mol. The molecular formula is C16H18Cl2N4O3. The molecule has 0 aliphatic carbocycles. The molecule has 2 aromatic rings. The molecule has 0 saturated carbocycles. The van der Waals surface area contributed by atoms with Crippen molar-refractivity contribution in [3.63, 3.8) is 0 Å². The van der Waals surface area contributed by atoms with Gasteiger partial charge < -0.3 is 9.42 Å². The number of piperazine rings is 1. The number of aryl methyl sites for hydroxylation is 2. The highest BCUT2D eigenvalue weighted by atomic mass is 35.5. The quantitative estimate of drug-likeness (QED) is 0.588. The Morgan fingerprint density at radius 3 is 2.48 bits per heavy atom. The molecule has 1 aromatic carbocycles. The number of anilines is 1. The molecule has 0 unspecified atom stereocenters. The topological polar surface area (TPSA) is 75.7 Å². The summed E-state index contributed by atoms with van der Waals surface area (Å²) in [6, 6.07) is 2.89. The van der Waals surface area contributed by atoms with Crippen LogP contribution in [0.2, 0.25) is 10.0 Å². The van der Waals surface area contributed by atoms with Crippen molar-refractivity contribution in [3.8, 4) is 0 Å². The van der Waals surface area contributed by atoms with Crippen LogP contribution < -0.4 is 4.90 Å². The zero-order valence-electron chi connectivity index (χ0n) is 14.0. The lowest BCUT2D eigenvalue weighted by Crippen LogP contribution is -2.46. The fraction of sp³-hybridized carbons (Fsp3) is 0.438. The highest BCUT2D eigenvalue weighted by Crippen LogP contribution is 2.38. The predicted molar refractivity (Wildman–Crippen MR) is 96.6 cm³/mol. The second kappa shape index (κ2) is 7.19. The number of nitrogens with zero attached hydrogens (tertiary/aromatic N) is 4. The van der Waals surface area contributed by atoms with E-state index < -0.39 is 4.92 Å². The SMILES string of the molecule is Cc1noc(C)c1CN1CCN(c2c(Cl)cc(Cl)cc2[N+](=O)[O-])CC1. The minimum Gasteiger partial charge on any atom is -0.362 e. The number of aromatic nitrogens is 1. The number of rotatable bonds is 4. The van der Waals surface area contributed by atoms with E-state index in [0.29, 0.717) is 23.8 Å². The number of nitro groups is 1. The molecule has 1 saturated heterocycles. The third-order valence-electron chi connectivity index (χ3n) is 4.46.